The molecule has 0 atom stereocenters. The minimum atomic E-state index is -3.47. The van der Waals surface area contributed by atoms with Gasteiger partial charge in [-0.15, -0.1) is 0 Å². The number of sulfonamides is 1. The van der Waals surface area contributed by atoms with Gasteiger partial charge in [0.1, 0.15) is 9.84 Å². The van der Waals surface area contributed by atoms with Crippen molar-refractivity contribution in [1.82, 2.24) is 4.31 Å². The monoisotopic (exact) mass is 339 g/mol. The highest BCUT2D eigenvalue weighted by atomic mass is 32.2. The van der Waals surface area contributed by atoms with Crippen LogP contribution in [-0.2, 0) is 24.7 Å². The summed E-state index contributed by atoms with van der Waals surface area (Å²) in [4.78, 5) is 10.7. The second kappa shape index (κ2) is 6.21. The molecule has 0 amide bonds. The van der Waals surface area contributed by atoms with Gasteiger partial charge in [-0.2, -0.15) is 0 Å². The topological polar surface area (TPSA) is 109 Å². The molecule has 21 heavy (non-hydrogen) atoms. The van der Waals surface area contributed by atoms with Gasteiger partial charge in [0.05, 0.1) is 16.8 Å². The highest BCUT2D eigenvalue weighted by molar-refractivity contribution is 7.92. The zero-order chi connectivity index (χ0) is 15.7. The van der Waals surface area contributed by atoms with E-state index in [9.17, 15) is 21.6 Å². The van der Waals surface area contributed by atoms with Crippen molar-refractivity contribution >= 4 is 25.8 Å². The van der Waals surface area contributed by atoms with Crippen molar-refractivity contribution in [2.24, 2.45) is 5.92 Å². The second-order valence-electron chi connectivity index (χ2n) is 5.84. The van der Waals surface area contributed by atoms with Crippen LogP contribution >= 0.6 is 0 Å². The van der Waals surface area contributed by atoms with Crippen LogP contribution in [0.2, 0.25) is 0 Å². The largest absolute Gasteiger partial charge is 0.481 e. The van der Waals surface area contributed by atoms with Crippen LogP contribution in [0.1, 0.15) is 32.1 Å². The molecule has 2 rings (SSSR count). The highest BCUT2D eigenvalue weighted by Gasteiger charge is 2.38. The van der Waals surface area contributed by atoms with E-state index in [4.69, 9.17) is 5.11 Å². The first-order chi connectivity index (χ1) is 9.71. The van der Waals surface area contributed by atoms with Gasteiger partial charge in [-0.1, -0.05) is 0 Å². The molecule has 0 saturated carbocycles. The minimum absolute atomic E-state index is 0.0284. The Morgan fingerprint density at radius 1 is 1.10 bits per heavy atom. The van der Waals surface area contributed by atoms with Gasteiger partial charge >= 0.3 is 5.97 Å². The van der Waals surface area contributed by atoms with Gasteiger partial charge in [-0.25, -0.2) is 21.1 Å². The summed E-state index contributed by atoms with van der Waals surface area (Å²) in [6.07, 6.45) is 1.52. The van der Waals surface area contributed by atoms with Gasteiger partial charge in [0, 0.05) is 19.5 Å². The fraction of sp³-hybridized carbons (Fsp3) is 0.917. The molecular formula is C12H21NO6S2. The van der Waals surface area contributed by atoms with E-state index in [1.807, 2.05) is 0 Å². The molecule has 2 saturated heterocycles. The van der Waals surface area contributed by atoms with Crippen LogP contribution in [0, 0.1) is 5.92 Å². The number of carboxylic acids is 1. The summed E-state index contributed by atoms with van der Waals surface area (Å²) in [5.74, 6) is -0.951. The van der Waals surface area contributed by atoms with Crippen molar-refractivity contribution in [3.8, 4) is 0 Å². The number of carboxylic acid groups (broad SMARTS) is 1. The smallest absolute Gasteiger partial charge is 0.303 e. The highest BCUT2D eigenvalue weighted by Crippen LogP contribution is 2.27. The first kappa shape index (κ1) is 16.7. The average molecular weight is 339 g/mol. The number of aliphatic carboxylic acids is 1. The maximum atomic E-state index is 12.5. The molecule has 0 bridgehead atoms. The molecule has 0 aliphatic carbocycles. The molecule has 0 unspecified atom stereocenters. The molecule has 0 spiro atoms. The van der Waals surface area contributed by atoms with Crippen molar-refractivity contribution in [2.45, 2.75) is 37.4 Å². The zero-order valence-electron chi connectivity index (χ0n) is 11.8. The van der Waals surface area contributed by atoms with Crippen LogP contribution in [0.15, 0.2) is 0 Å². The second-order valence-corrected chi connectivity index (χ2v) is 10.4. The van der Waals surface area contributed by atoms with Crippen molar-refractivity contribution < 1.29 is 26.7 Å². The Labute approximate surface area is 125 Å². The molecule has 2 aliphatic rings. The molecular weight excluding hydrogens is 318 g/mol. The van der Waals surface area contributed by atoms with Crippen molar-refractivity contribution in [3.05, 3.63) is 0 Å². The Bertz CT molecular complexity index is 575. The number of piperidine rings is 1. The SMILES string of the molecule is O=C(O)CC1CCN(S(=O)(=O)C2CCS(=O)(=O)CC2)CC1. The maximum Gasteiger partial charge on any atom is 0.303 e. The zero-order valence-corrected chi connectivity index (χ0v) is 13.4. The molecule has 9 heteroatoms. The molecule has 2 aliphatic heterocycles. The lowest BCUT2D eigenvalue weighted by atomic mass is 9.95. The minimum Gasteiger partial charge on any atom is -0.481 e. The molecule has 7 nitrogen and oxygen atoms in total. The molecule has 0 radical (unpaired) electrons. The van der Waals surface area contributed by atoms with Crippen molar-refractivity contribution in [2.75, 3.05) is 24.6 Å². The summed E-state index contributed by atoms with van der Waals surface area (Å²) in [6.45, 7) is 0.674. The summed E-state index contributed by atoms with van der Waals surface area (Å²) in [5.41, 5.74) is 0. The summed E-state index contributed by atoms with van der Waals surface area (Å²) in [6, 6.07) is 0. The molecule has 0 aromatic heterocycles. The van der Waals surface area contributed by atoms with E-state index in [1.54, 1.807) is 0 Å². The van der Waals surface area contributed by atoms with Crippen LogP contribution in [0.4, 0.5) is 0 Å². The molecule has 0 aromatic carbocycles. The molecule has 0 aromatic rings. The number of nitrogens with zero attached hydrogens (tertiary/aromatic N) is 1. The van der Waals surface area contributed by atoms with E-state index in [-0.39, 0.29) is 36.7 Å². The summed E-state index contributed by atoms with van der Waals surface area (Å²) in [5, 5.41) is 8.14. The molecule has 1 N–H and O–H groups in total. The predicted octanol–water partition coefficient (Wildman–Crippen LogP) is 0.0801. The van der Waals surface area contributed by atoms with Crippen LogP contribution in [0.5, 0.6) is 0 Å². The van der Waals surface area contributed by atoms with E-state index in [2.05, 4.69) is 0 Å². The van der Waals surface area contributed by atoms with E-state index in [0.29, 0.717) is 25.9 Å². The third-order valence-electron chi connectivity index (χ3n) is 4.32. The van der Waals surface area contributed by atoms with Crippen LogP contribution in [0.3, 0.4) is 0 Å². The van der Waals surface area contributed by atoms with Crippen LogP contribution in [-0.4, -0.2) is 62.1 Å². The van der Waals surface area contributed by atoms with E-state index in [1.165, 1.54) is 4.31 Å². The number of carbonyl (C=O) groups is 1. The summed E-state index contributed by atoms with van der Waals surface area (Å²) >= 11 is 0. The Hall–Kier alpha value is -0.670. The Morgan fingerprint density at radius 3 is 2.10 bits per heavy atom. The predicted molar refractivity (Wildman–Crippen MR) is 77.1 cm³/mol. The lowest BCUT2D eigenvalue weighted by molar-refractivity contribution is -0.138. The molecule has 2 fully saturated rings. The van der Waals surface area contributed by atoms with E-state index < -0.39 is 31.1 Å². The van der Waals surface area contributed by atoms with Gasteiger partial charge in [-0.3, -0.25) is 4.79 Å². The van der Waals surface area contributed by atoms with Crippen LogP contribution in [0.25, 0.3) is 0 Å². The fourth-order valence-corrected chi connectivity index (χ4v) is 6.75. The lowest BCUT2D eigenvalue weighted by Crippen LogP contribution is -2.46. The lowest BCUT2D eigenvalue weighted by Gasteiger charge is -2.34. The number of rotatable bonds is 4. The Morgan fingerprint density at radius 2 is 1.62 bits per heavy atom. The molecule has 122 valence electrons. The van der Waals surface area contributed by atoms with Gasteiger partial charge < -0.3 is 5.11 Å². The normalized spacial score (nSPS) is 25.7. The van der Waals surface area contributed by atoms with Crippen molar-refractivity contribution in [3.63, 3.8) is 0 Å². The van der Waals surface area contributed by atoms with E-state index in [0.717, 1.165) is 0 Å². The standard InChI is InChI=1S/C12H21NO6S2/c14-12(15)9-10-1-5-13(6-2-10)21(18,19)11-3-7-20(16,17)8-4-11/h10-11H,1-9H2,(H,14,15). The van der Waals surface area contributed by atoms with Crippen molar-refractivity contribution in [1.29, 1.82) is 0 Å². The first-order valence-electron chi connectivity index (χ1n) is 7.12. The summed E-state index contributed by atoms with van der Waals surface area (Å²) < 4.78 is 49.2. The fourth-order valence-electron chi connectivity index (χ4n) is 2.99. The third-order valence-corrected chi connectivity index (χ3v) is 8.43. The van der Waals surface area contributed by atoms with Gasteiger partial charge in [0.25, 0.3) is 0 Å². The number of hydrogen-bond acceptors (Lipinski definition) is 5. The first-order valence-corrected chi connectivity index (χ1v) is 10.4. The van der Waals surface area contributed by atoms with Gasteiger partial charge in [0.15, 0.2) is 0 Å². The third kappa shape index (κ3) is 4.17. The maximum absolute atomic E-state index is 12.5. The average Bonchev–Trinajstić information content (AvgIpc) is 2.38. The Kier molecular flexibility index (Phi) is 4.94. The van der Waals surface area contributed by atoms with Crippen LogP contribution < -0.4 is 0 Å². The Balaban J connectivity index is 1.94. The van der Waals surface area contributed by atoms with Gasteiger partial charge in [0.2, 0.25) is 10.0 Å². The summed E-state index contributed by atoms with van der Waals surface area (Å²) in [7, 11) is -6.54. The quantitative estimate of drug-likeness (QED) is 0.777. The number of hydrogen-bond donors (Lipinski definition) is 1. The van der Waals surface area contributed by atoms with E-state index >= 15 is 0 Å². The molecule has 2 heterocycles. The van der Waals surface area contributed by atoms with Gasteiger partial charge in [-0.05, 0) is 31.6 Å². The number of sulfone groups is 1.